The van der Waals surface area contributed by atoms with Gasteiger partial charge in [-0.2, -0.15) is 0 Å². The third kappa shape index (κ3) is 0.637. The highest BCUT2D eigenvalue weighted by atomic mass is 16.6. The summed E-state index contributed by atoms with van der Waals surface area (Å²) in [5, 5.41) is 9.39. The standard InChI is InChI=1S/C8H10O3/c9-8-7-4(3-10-8)5-1-2-6(7)11-5/h1-2,4-9H,3H2. The Bertz CT molecular complexity index is 213. The minimum absolute atomic E-state index is 0.113. The summed E-state index contributed by atoms with van der Waals surface area (Å²) in [7, 11) is 0. The maximum Gasteiger partial charge on any atom is 0.160 e. The first-order valence-corrected chi connectivity index (χ1v) is 4.00. The molecular formula is C8H10O3. The van der Waals surface area contributed by atoms with Crippen molar-refractivity contribution in [2.24, 2.45) is 11.8 Å². The lowest BCUT2D eigenvalue weighted by atomic mass is 9.85. The van der Waals surface area contributed by atoms with Crippen LogP contribution in [0.5, 0.6) is 0 Å². The molecule has 11 heavy (non-hydrogen) atoms. The topological polar surface area (TPSA) is 38.7 Å². The van der Waals surface area contributed by atoms with Crippen molar-refractivity contribution in [3.8, 4) is 0 Å². The van der Waals surface area contributed by atoms with Gasteiger partial charge in [-0.15, -0.1) is 0 Å². The van der Waals surface area contributed by atoms with Crippen LogP contribution in [0.1, 0.15) is 0 Å². The predicted molar refractivity (Wildman–Crippen MR) is 36.7 cm³/mol. The van der Waals surface area contributed by atoms with Crippen LogP contribution in [0.2, 0.25) is 0 Å². The highest BCUT2D eigenvalue weighted by Crippen LogP contribution is 2.44. The second-order valence-electron chi connectivity index (χ2n) is 3.42. The van der Waals surface area contributed by atoms with E-state index in [9.17, 15) is 5.11 Å². The third-order valence-electron chi connectivity index (χ3n) is 2.89. The van der Waals surface area contributed by atoms with Gasteiger partial charge < -0.3 is 14.6 Å². The molecule has 2 bridgehead atoms. The first-order valence-electron chi connectivity index (χ1n) is 4.00. The average molecular weight is 154 g/mol. The first kappa shape index (κ1) is 6.17. The maximum atomic E-state index is 9.39. The van der Waals surface area contributed by atoms with E-state index in [0.717, 1.165) is 0 Å². The molecule has 0 saturated carbocycles. The van der Waals surface area contributed by atoms with Gasteiger partial charge >= 0.3 is 0 Å². The lowest BCUT2D eigenvalue weighted by molar-refractivity contribution is -0.102. The van der Waals surface area contributed by atoms with Crippen molar-refractivity contribution in [2.45, 2.75) is 18.5 Å². The van der Waals surface area contributed by atoms with Crippen LogP contribution in [-0.2, 0) is 9.47 Å². The Labute approximate surface area is 64.6 Å². The van der Waals surface area contributed by atoms with Crippen LogP contribution < -0.4 is 0 Å². The van der Waals surface area contributed by atoms with Gasteiger partial charge in [0, 0.05) is 11.8 Å². The Morgan fingerprint density at radius 1 is 1.27 bits per heavy atom. The Hall–Kier alpha value is -0.380. The van der Waals surface area contributed by atoms with Crippen molar-refractivity contribution in [3.63, 3.8) is 0 Å². The number of aliphatic hydroxyl groups excluding tert-OH is 1. The molecule has 3 aliphatic heterocycles. The summed E-state index contributed by atoms with van der Waals surface area (Å²) in [5.74, 6) is 0.602. The third-order valence-corrected chi connectivity index (χ3v) is 2.89. The summed E-state index contributed by atoms with van der Waals surface area (Å²) >= 11 is 0. The molecule has 5 unspecified atom stereocenters. The van der Waals surface area contributed by atoms with E-state index < -0.39 is 6.29 Å². The zero-order chi connectivity index (χ0) is 7.42. The molecule has 60 valence electrons. The van der Waals surface area contributed by atoms with Crippen molar-refractivity contribution < 1.29 is 14.6 Å². The molecule has 3 heterocycles. The largest absolute Gasteiger partial charge is 0.368 e. The van der Waals surface area contributed by atoms with E-state index in [1.54, 1.807) is 0 Å². The van der Waals surface area contributed by atoms with E-state index in [1.807, 2.05) is 6.08 Å². The molecule has 0 radical (unpaired) electrons. The average Bonchev–Trinajstić information content (AvgIpc) is 2.60. The molecule has 0 spiro atoms. The van der Waals surface area contributed by atoms with E-state index in [2.05, 4.69) is 6.08 Å². The minimum Gasteiger partial charge on any atom is -0.368 e. The number of fused-ring (bicyclic) bond motifs is 5. The van der Waals surface area contributed by atoms with Crippen LogP contribution in [0.15, 0.2) is 12.2 Å². The molecule has 2 saturated heterocycles. The molecule has 0 aliphatic carbocycles. The van der Waals surface area contributed by atoms with Crippen LogP contribution >= 0.6 is 0 Å². The maximum absolute atomic E-state index is 9.39. The van der Waals surface area contributed by atoms with Gasteiger partial charge in [-0.3, -0.25) is 0 Å². The van der Waals surface area contributed by atoms with E-state index in [-0.39, 0.29) is 18.1 Å². The fourth-order valence-electron chi connectivity index (χ4n) is 2.32. The van der Waals surface area contributed by atoms with Gasteiger partial charge in [-0.25, -0.2) is 0 Å². The highest BCUT2D eigenvalue weighted by molar-refractivity contribution is 5.16. The summed E-state index contributed by atoms with van der Waals surface area (Å²) in [6.07, 6.45) is 3.83. The summed E-state index contributed by atoms with van der Waals surface area (Å²) in [5.41, 5.74) is 0. The molecule has 3 heteroatoms. The normalized spacial score (nSPS) is 58.8. The highest BCUT2D eigenvalue weighted by Gasteiger charge is 2.53. The van der Waals surface area contributed by atoms with Crippen LogP contribution in [-0.4, -0.2) is 30.2 Å². The van der Waals surface area contributed by atoms with Crippen LogP contribution in [0.3, 0.4) is 0 Å². The van der Waals surface area contributed by atoms with Crippen LogP contribution in [0, 0.1) is 11.8 Å². The summed E-state index contributed by atoms with van der Waals surface area (Å²) in [6, 6.07) is 0. The first-order chi connectivity index (χ1) is 5.36. The van der Waals surface area contributed by atoms with E-state index in [1.165, 1.54) is 0 Å². The Morgan fingerprint density at radius 3 is 2.91 bits per heavy atom. The van der Waals surface area contributed by atoms with Crippen molar-refractivity contribution in [1.29, 1.82) is 0 Å². The quantitative estimate of drug-likeness (QED) is 0.495. The summed E-state index contributed by atoms with van der Waals surface area (Å²) < 4.78 is 10.7. The molecule has 0 amide bonds. The fourth-order valence-corrected chi connectivity index (χ4v) is 2.32. The van der Waals surface area contributed by atoms with Gasteiger partial charge in [-0.1, -0.05) is 12.2 Å². The molecule has 3 rings (SSSR count). The van der Waals surface area contributed by atoms with Crippen molar-refractivity contribution in [3.05, 3.63) is 12.2 Å². The van der Waals surface area contributed by atoms with Gasteiger partial charge in [0.2, 0.25) is 0 Å². The molecular weight excluding hydrogens is 144 g/mol. The van der Waals surface area contributed by atoms with Crippen LogP contribution in [0.4, 0.5) is 0 Å². The van der Waals surface area contributed by atoms with Crippen molar-refractivity contribution in [2.75, 3.05) is 6.61 Å². The van der Waals surface area contributed by atoms with Gasteiger partial charge in [0.25, 0.3) is 0 Å². The second kappa shape index (κ2) is 1.86. The molecule has 0 aromatic rings. The van der Waals surface area contributed by atoms with Crippen LogP contribution in [0.25, 0.3) is 0 Å². The van der Waals surface area contributed by atoms with Crippen molar-refractivity contribution >= 4 is 0 Å². The zero-order valence-electron chi connectivity index (χ0n) is 6.01. The molecule has 1 N–H and O–H groups in total. The summed E-state index contributed by atoms with van der Waals surface area (Å²) in [6.45, 7) is 0.650. The number of hydrogen-bond acceptors (Lipinski definition) is 3. The van der Waals surface area contributed by atoms with Gasteiger partial charge in [0.15, 0.2) is 6.29 Å². The number of hydrogen-bond donors (Lipinski definition) is 1. The molecule has 2 fully saturated rings. The van der Waals surface area contributed by atoms with Crippen molar-refractivity contribution in [1.82, 2.24) is 0 Å². The van der Waals surface area contributed by atoms with Gasteiger partial charge in [-0.05, 0) is 0 Å². The van der Waals surface area contributed by atoms with E-state index in [4.69, 9.17) is 9.47 Å². The predicted octanol–water partition coefficient (Wildman–Crippen LogP) is -0.0954. The smallest absolute Gasteiger partial charge is 0.160 e. The van der Waals surface area contributed by atoms with Gasteiger partial charge in [0.1, 0.15) is 0 Å². The lowest BCUT2D eigenvalue weighted by Crippen LogP contribution is -2.27. The fraction of sp³-hybridized carbons (Fsp3) is 0.750. The Morgan fingerprint density at radius 2 is 2.09 bits per heavy atom. The zero-order valence-corrected chi connectivity index (χ0v) is 6.01. The summed E-state index contributed by atoms with van der Waals surface area (Å²) in [4.78, 5) is 0. The molecule has 0 aromatic heterocycles. The minimum atomic E-state index is -0.597. The van der Waals surface area contributed by atoms with Gasteiger partial charge in [0.05, 0.1) is 18.8 Å². The lowest BCUT2D eigenvalue weighted by Gasteiger charge is -2.16. The Kier molecular flexibility index (Phi) is 1.04. The molecule has 5 atom stereocenters. The molecule has 3 nitrogen and oxygen atoms in total. The number of ether oxygens (including phenoxy) is 2. The monoisotopic (exact) mass is 154 g/mol. The number of rotatable bonds is 0. The molecule has 0 aromatic carbocycles. The van der Waals surface area contributed by atoms with E-state index in [0.29, 0.717) is 12.5 Å². The van der Waals surface area contributed by atoms with E-state index >= 15 is 0 Å². The second-order valence-corrected chi connectivity index (χ2v) is 3.42. The molecule has 3 aliphatic rings. The Balaban J connectivity index is 1.97. The SMILES string of the molecule is OC1OCC2C3C=CC(O3)C12. The number of aliphatic hydroxyl groups is 1.